The van der Waals surface area contributed by atoms with Crippen LogP contribution in [0.5, 0.6) is 0 Å². The first-order chi connectivity index (χ1) is 21.7. The third-order valence-corrected chi connectivity index (χ3v) is 7.85. The van der Waals surface area contributed by atoms with Gasteiger partial charge < -0.3 is 18.9 Å². The lowest BCUT2D eigenvalue weighted by Gasteiger charge is -2.37. The number of rotatable bonds is 12. The summed E-state index contributed by atoms with van der Waals surface area (Å²) in [6, 6.07) is 31.2. The zero-order valence-corrected chi connectivity index (χ0v) is 25.8. The van der Waals surface area contributed by atoms with Gasteiger partial charge in [-0.3, -0.25) is 19.2 Å². The summed E-state index contributed by atoms with van der Waals surface area (Å²) < 4.78 is 19.4. The molecule has 0 atom stereocenters. The van der Waals surface area contributed by atoms with Gasteiger partial charge in [0.25, 0.3) is 0 Å². The van der Waals surface area contributed by atoms with Gasteiger partial charge in [-0.05, 0) is 44.5 Å². The summed E-state index contributed by atoms with van der Waals surface area (Å²) in [5, 5.41) is 0. The van der Waals surface area contributed by atoms with E-state index in [1.807, 2.05) is 97.1 Å². The van der Waals surface area contributed by atoms with Gasteiger partial charge in [0.05, 0.1) is 59.5 Å². The number of carbonyl (C=O) groups is 4. The molecule has 0 saturated carbocycles. The summed E-state index contributed by atoms with van der Waals surface area (Å²) in [7, 11) is 5.44. The Bertz CT molecular complexity index is 1370. The van der Waals surface area contributed by atoms with Gasteiger partial charge in [0.15, 0.2) is 0 Å². The Morgan fingerprint density at radius 2 is 0.556 bits per heavy atom. The number of esters is 4. The van der Waals surface area contributed by atoms with E-state index in [4.69, 9.17) is 18.9 Å². The smallest absolute Gasteiger partial charge is 0.309 e. The van der Waals surface area contributed by atoms with Crippen LogP contribution < -0.4 is 0 Å². The summed E-state index contributed by atoms with van der Waals surface area (Å²) in [5.74, 6) is -1.34. The minimum absolute atomic E-state index is 0.135. The van der Waals surface area contributed by atoms with Crippen LogP contribution in [0.25, 0.3) is 0 Å². The topological polar surface area (TPSA) is 105 Å². The second kappa shape index (κ2) is 15.0. The van der Waals surface area contributed by atoms with Crippen molar-refractivity contribution in [2.45, 2.75) is 31.1 Å². The third-order valence-electron chi connectivity index (χ3n) is 7.85. The second-order valence-corrected chi connectivity index (χ2v) is 10.5. The summed E-state index contributed by atoms with van der Waals surface area (Å²) in [5.41, 5.74) is 5.99. The molecule has 4 aromatic carbocycles. The molecule has 0 saturated heterocycles. The van der Waals surface area contributed by atoms with Crippen LogP contribution in [-0.4, -0.2) is 52.3 Å². The maximum absolute atomic E-state index is 12.0. The van der Waals surface area contributed by atoms with Crippen LogP contribution in [0.15, 0.2) is 97.1 Å². The SMILES string of the molecule is COC(=O)Cc1ccc(C(c2ccc(CC(=O)OC)cc2)(c2ccc(CC(=O)OC)cc2)c2ccc(CC(=O)OC)cc2)cc1. The van der Waals surface area contributed by atoms with Gasteiger partial charge in [0, 0.05) is 0 Å². The maximum Gasteiger partial charge on any atom is 0.309 e. The van der Waals surface area contributed by atoms with Crippen molar-refractivity contribution in [2.24, 2.45) is 0 Å². The first-order valence-corrected chi connectivity index (χ1v) is 14.4. The van der Waals surface area contributed by atoms with Crippen molar-refractivity contribution in [3.8, 4) is 0 Å². The lowest BCUT2D eigenvalue weighted by atomic mass is 9.64. The molecule has 0 amide bonds. The summed E-state index contributed by atoms with van der Waals surface area (Å²) >= 11 is 0. The molecule has 0 bridgehead atoms. The normalized spacial score (nSPS) is 10.9. The van der Waals surface area contributed by atoms with Gasteiger partial charge in [-0.15, -0.1) is 0 Å². The molecule has 8 nitrogen and oxygen atoms in total. The standard InChI is InChI=1S/C37H36O8/c1-42-33(38)21-25-5-13-29(14-6-25)37(30-15-7-26(8-16-30)22-34(39)43-2,31-17-9-27(10-18-31)23-35(40)44-3)32-19-11-28(12-20-32)24-36(41)45-4/h5-20H,21-24H2,1-4H3. The van der Waals surface area contributed by atoms with Gasteiger partial charge in [0.1, 0.15) is 0 Å². The van der Waals surface area contributed by atoms with E-state index < -0.39 is 5.41 Å². The predicted molar refractivity (Wildman–Crippen MR) is 168 cm³/mol. The first-order valence-electron chi connectivity index (χ1n) is 14.4. The zero-order valence-electron chi connectivity index (χ0n) is 25.8. The van der Waals surface area contributed by atoms with Gasteiger partial charge >= 0.3 is 23.9 Å². The number of benzene rings is 4. The van der Waals surface area contributed by atoms with E-state index in [1.165, 1.54) is 28.4 Å². The molecule has 0 aliphatic heterocycles. The van der Waals surface area contributed by atoms with E-state index >= 15 is 0 Å². The molecule has 4 rings (SSSR count). The average molecular weight is 609 g/mol. The Hall–Kier alpha value is -5.24. The van der Waals surface area contributed by atoms with Crippen LogP contribution in [0.2, 0.25) is 0 Å². The molecular formula is C37H36O8. The van der Waals surface area contributed by atoms with Crippen LogP contribution in [0.4, 0.5) is 0 Å². The van der Waals surface area contributed by atoms with E-state index in [0.29, 0.717) is 0 Å². The van der Waals surface area contributed by atoms with E-state index in [0.717, 1.165) is 44.5 Å². The van der Waals surface area contributed by atoms with Gasteiger partial charge in [-0.2, -0.15) is 0 Å². The molecule has 0 spiro atoms. The highest BCUT2D eigenvalue weighted by Gasteiger charge is 2.38. The average Bonchev–Trinajstić information content (AvgIpc) is 3.07. The van der Waals surface area contributed by atoms with E-state index in [9.17, 15) is 19.2 Å². The van der Waals surface area contributed by atoms with Crippen molar-refractivity contribution >= 4 is 23.9 Å². The maximum atomic E-state index is 12.0. The summed E-state index contributed by atoms with van der Waals surface area (Å²) in [4.78, 5) is 48.0. The molecule has 4 aromatic rings. The van der Waals surface area contributed by atoms with Crippen molar-refractivity contribution < 1.29 is 38.1 Å². The Kier molecular flexibility index (Phi) is 10.9. The van der Waals surface area contributed by atoms with E-state index in [2.05, 4.69) is 0 Å². The fourth-order valence-corrected chi connectivity index (χ4v) is 5.45. The highest BCUT2D eigenvalue weighted by atomic mass is 16.5. The van der Waals surface area contributed by atoms with E-state index in [-0.39, 0.29) is 49.6 Å². The highest BCUT2D eigenvalue weighted by molar-refractivity contribution is 5.74. The first kappa shape index (κ1) is 32.7. The van der Waals surface area contributed by atoms with Crippen LogP contribution in [0, 0.1) is 0 Å². The Morgan fingerprint density at radius 1 is 0.378 bits per heavy atom. The van der Waals surface area contributed by atoms with Crippen molar-refractivity contribution in [2.75, 3.05) is 28.4 Å². The molecule has 8 heteroatoms. The molecule has 0 aromatic heterocycles. The predicted octanol–water partition coefficient (Wildman–Crippen LogP) is 4.93. The van der Waals surface area contributed by atoms with Crippen molar-refractivity contribution in [3.05, 3.63) is 142 Å². The minimum Gasteiger partial charge on any atom is -0.469 e. The molecule has 0 radical (unpaired) electrons. The zero-order chi connectivity index (χ0) is 32.4. The number of hydrogen-bond acceptors (Lipinski definition) is 8. The minimum atomic E-state index is -0.874. The van der Waals surface area contributed by atoms with Gasteiger partial charge in [0.2, 0.25) is 0 Å². The van der Waals surface area contributed by atoms with Crippen LogP contribution in [0.3, 0.4) is 0 Å². The fraction of sp³-hybridized carbons (Fsp3) is 0.243. The Labute approximate surface area is 262 Å². The molecule has 0 fully saturated rings. The molecule has 232 valence electrons. The molecular weight excluding hydrogens is 572 g/mol. The quantitative estimate of drug-likeness (QED) is 0.127. The van der Waals surface area contributed by atoms with Crippen LogP contribution in [-0.2, 0) is 69.2 Å². The lowest BCUT2D eigenvalue weighted by Crippen LogP contribution is -2.31. The molecule has 0 aliphatic rings. The highest BCUT2D eigenvalue weighted by Crippen LogP contribution is 2.45. The molecule has 0 aliphatic carbocycles. The molecule has 0 N–H and O–H groups in total. The van der Waals surface area contributed by atoms with Crippen molar-refractivity contribution in [1.29, 1.82) is 0 Å². The van der Waals surface area contributed by atoms with Crippen molar-refractivity contribution in [1.82, 2.24) is 0 Å². The number of carbonyl (C=O) groups excluding carboxylic acids is 4. The molecule has 0 unspecified atom stereocenters. The Balaban J connectivity index is 1.95. The number of hydrogen-bond donors (Lipinski definition) is 0. The number of methoxy groups -OCH3 is 4. The van der Waals surface area contributed by atoms with Gasteiger partial charge in [-0.1, -0.05) is 97.1 Å². The summed E-state index contributed by atoms with van der Waals surface area (Å²) in [6.45, 7) is 0. The summed E-state index contributed by atoms with van der Waals surface area (Å²) in [6.07, 6.45) is 0.541. The molecule has 0 heterocycles. The number of ether oxygens (including phenoxy) is 4. The monoisotopic (exact) mass is 608 g/mol. The van der Waals surface area contributed by atoms with E-state index in [1.54, 1.807) is 0 Å². The van der Waals surface area contributed by atoms with Crippen LogP contribution in [0.1, 0.15) is 44.5 Å². The molecule has 45 heavy (non-hydrogen) atoms. The lowest BCUT2D eigenvalue weighted by molar-refractivity contribution is -0.140. The largest absolute Gasteiger partial charge is 0.469 e. The third kappa shape index (κ3) is 7.65. The second-order valence-electron chi connectivity index (χ2n) is 10.5. The Morgan fingerprint density at radius 3 is 0.711 bits per heavy atom. The van der Waals surface area contributed by atoms with Crippen molar-refractivity contribution in [3.63, 3.8) is 0 Å². The fourth-order valence-electron chi connectivity index (χ4n) is 5.45. The van der Waals surface area contributed by atoms with Crippen LogP contribution >= 0.6 is 0 Å². The van der Waals surface area contributed by atoms with Gasteiger partial charge in [-0.25, -0.2) is 0 Å².